The van der Waals surface area contributed by atoms with Gasteiger partial charge in [0.25, 0.3) is 5.91 Å². The number of anilines is 1. The van der Waals surface area contributed by atoms with E-state index in [9.17, 15) is 9.59 Å². The Labute approximate surface area is 156 Å². The van der Waals surface area contributed by atoms with Crippen molar-refractivity contribution in [1.82, 2.24) is 4.90 Å². The number of rotatable bonds is 5. The quantitative estimate of drug-likeness (QED) is 0.808. The fourth-order valence-corrected chi connectivity index (χ4v) is 4.59. The molecule has 2 aromatic rings. The van der Waals surface area contributed by atoms with Gasteiger partial charge < -0.3 is 10.2 Å². The van der Waals surface area contributed by atoms with Crippen molar-refractivity contribution in [1.29, 1.82) is 0 Å². The molecule has 0 bridgehead atoms. The predicted octanol–water partition coefficient (Wildman–Crippen LogP) is 3.95. The fraction of sp³-hybridized carbons (Fsp3) is 0.263. The van der Waals surface area contributed by atoms with Crippen molar-refractivity contribution in [2.45, 2.75) is 17.9 Å². The van der Waals surface area contributed by atoms with E-state index in [0.717, 1.165) is 16.3 Å². The molecule has 1 aliphatic heterocycles. The summed E-state index contributed by atoms with van der Waals surface area (Å²) in [5, 5.41) is 3.01. The highest BCUT2D eigenvalue weighted by molar-refractivity contribution is 7.99. The summed E-state index contributed by atoms with van der Waals surface area (Å²) in [6, 6.07) is 16.4. The van der Waals surface area contributed by atoms with E-state index in [2.05, 4.69) is 12.2 Å². The van der Waals surface area contributed by atoms with E-state index >= 15 is 0 Å². The molecule has 0 radical (unpaired) electrons. The van der Waals surface area contributed by atoms with Crippen molar-refractivity contribution in [3.63, 3.8) is 0 Å². The molecule has 3 rings (SSSR count). The summed E-state index contributed by atoms with van der Waals surface area (Å²) in [5.74, 6) is 1.87. The molecule has 0 aliphatic carbocycles. The number of carbonyl (C=O) groups is 2. The Hall–Kier alpha value is -1.92. The highest BCUT2D eigenvalue weighted by Gasteiger charge is 2.35. The Kier molecular flexibility index (Phi) is 6.04. The van der Waals surface area contributed by atoms with Gasteiger partial charge >= 0.3 is 0 Å². The molecule has 1 saturated heterocycles. The van der Waals surface area contributed by atoms with Crippen LogP contribution in [-0.2, 0) is 4.79 Å². The van der Waals surface area contributed by atoms with Crippen molar-refractivity contribution in [3.05, 3.63) is 60.2 Å². The van der Waals surface area contributed by atoms with Gasteiger partial charge in [-0.25, -0.2) is 0 Å². The Balaban J connectivity index is 1.74. The molecule has 25 heavy (non-hydrogen) atoms. The Morgan fingerprint density at radius 1 is 1.16 bits per heavy atom. The monoisotopic (exact) mass is 372 g/mol. The third kappa shape index (κ3) is 4.19. The number of hydrogen-bond donors (Lipinski definition) is 1. The maximum Gasteiger partial charge on any atom is 0.255 e. The lowest BCUT2D eigenvalue weighted by atomic mass is 10.1. The largest absolute Gasteiger partial charge is 0.323 e. The zero-order valence-corrected chi connectivity index (χ0v) is 15.6. The van der Waals surface area contributed by atoms with Gasteiger partial charge in [-0.05, 0) is 30.0 Å². The van der Waals surface area contributed by atoms with Crippen molar-refractivity contribution < 1.29 is 9.59 Å². The molecule has 4 nitrogen and oxygen atoms in total. The van der Waals surface area contributed by atoms with Crippen molar-refractivity contribution >= 4 is 41.0 Å². The molecular weight excluding hydrogens is 352 g/mol. The number of amides is 2. The van der Waals surface area contributed by atoms with Crippen LogP contribution in [0.2, 0.25) is 0 Å². The number of benzene rings is 2. The summed E-state index contributed by atoms with van der Waals surface area (Å²) in [6.45, 7) is 2.08. The van der Waals surface area contributed by atoms with E-state index in [0.29, 0.717) is 17.2 Å². The van der Waals surface area contributed by atoms with Crippen LogP contribution in [0.3, 0.4) is 0 Å². The Morgan fingerprint density at radius 3 is 2.64 bits per heavy atom. The lowest BCUT2D eigenvalue weighted by molar-refractivity contribution is -0.119. The molecule has 1 N–H and O–H groups in total. The molecule has 1 aliphatic rings. The number of thioether (sulfide) groups is 2. The van der Waals surface area contributed by atoms with Crippen LogP contribution in [-0.4, -0.2) is 40.1 Å². The van der Waals surface area contributed by atoms with Crippen LogP contribution in [0.25, 0.3) is 0 Å². The van der Waals surface area contributed by atoms with Gasteiger partial charge in [0.05, 0.1) is 11.6 Å². The molecule has 0 aromatic heterocycles. The maximum absolute atomic E-state index is 12.8. The Morgan fingerprint density at radius 2 is 1.88 bits per heavy atom. The summed E-state index contributed by atoms with van der Waals surface area (Å²) in [5.41, 5.74) is 1.42. The summed E-state index contributed by atoms with van der Waals surface area (Å²) in [6.07, 6.45) is 0. The van der Waals surface area contributed by atoms with E-state index in [1.54, 1.807) is 40.6 Å². The van der Waals surface area contributed by atoms with Crippen LogP contribution in [0, 0.1) is 0 Å². The average molecular weight is 373 g/mol. The normalized spacial score (nSPS) is 16.7. The highest BCUT2D eigenvalue weighted by atomic mass is 32.2. The van der Waals surface area contributed by atoms with Crippen molar-refractivity contribution in [2.75, 3.05) is 22.7 Å². The van der Waals surface area contributed by atoms with Crippen LogP contribution in [0.1, 0.15) is 17.3 Å². The van der Waals surface area contributed by atoms with Crippen LogP contribution < -0.4 is 5.32 Å². The van der Waals surface area contributed by atoms with E-state index in [1.807, 2.05) is 42.5 Å². The summed E-state index contributed by atoms with van der Waals surface area (Å²) < 4.78 is 0. The molecule has 2 amide bonds. The minimum atomic E-state index is -0.447. The third-order valence-electron chi connectivity index (χ3n) is 3.91. The number of carbonyl (C=O) groups excluding carboxylic acids is 2. The first kappa shape index (κ1) is 17.9. The smallest absolute Gasteiger partial charge is 0.255 e. The molecular formula is C19H20N2O2S2. The van der Waals surface area contributed by atoms with Crippen molar-refractivity contribution in [2.24, 2.45) is 0 Å². The van der Waals surface area contributed by atoms with E-state index < -0.39 is 6.04 Å². The molecule has 0 unspecified atom stereocenters. The summed E-state index contributed by atoms with van der Waals surface area (Å²) in [4.78, 5) is 28.2. The molecule has 0 saturated carbocycles. The van der Waals surface area contributed by atoms with Crippen LogP contribution in [0.15, 0.2) is 59.5 Å². The third-order valence-corrected chi connectivity index (χ3v) is 5.88. The van der Waals surface area contributed by atoms with E-state index in [-0.39, 0.29) is 11.8 Å². The van der Waals surface area contributed by atoms with E-state index in [4.69, 9.17) is 0 Å². The van der Waals surface area contributed by atoms with Crippen LogP contribution >= 0.6 is 23.5 Å². The molecule has 2 aromatic carbocycles. The second kappa shape index (κ2) is 8.45. The van der Waals surface area contributed by atoms with Gasteiger partial charge in [0.2, 0.25) is 5.91 Å². The van der Waals surface area contributed by atoms with Gasteiger partial charge in [-0.2, -0.15) is 0 Å². The summed E-state index contributed by atoms with van der Waals surface area (Å²) >= 11 is 3.30. The topological polar surface area (TPSA) is 49.4 Å². The zero-order chi connectivity index (χ0) is 17.6. The number of nitrogens with zero attached hydrogens (tertiary/aromatic N) is 1. The van der Waals surface area contributed by atoms with Crippen LogP contribution in [0.5, 0.6) is 0 Å². The molecule has 130 valence electrons. The molecule has 6 heteroatoms. The lowest BCUT2D eigenvalue weighted by Crippen LogP contribution is -2.44. The zero-order valence-electron chi connectivity index (χ0n) is 14.0. The minimum absolute atomic E-state index is 0.0954. The van der Waals surface area contributed by atoms with E-state index in [1.165, 1.54) is 0 Å². The number of hydrogen-bond acceptors (Lipinski definition) is 4. The lowest BCUT2D eigenvalue weighted by Gasteiger charge is -2.23. The summed E-state index contributed by atoms with van der Waals surface area (Å²) in [7, 11) is 0. The maximum atomic E-state index is 12.8. The van der Waals surface area contributed by atoms with Crippen molar-refractivity contribution in [3.8, 4) is 0 Å². The van der Waals surface area contributed by atoms with Gasteiger partial charge in [-0.15, -0.1) is 23.5 Å². The fourth-order valence-electron chi connectivity index (χ4n) is 2.67. The molecule has 1 fully saturated rings. The number of nitrogens with one attached hydrogen (secondary N) is 1. The first-order valence-corrected chi connectivity index (χ1v) is 10.3. The number of para-hydroxylation sites is 1. The highest BCUT2D eigenvalue weighted by Crippen LogP contribution is 2.29. The average Bonchev–Trinajstić information content (AvgIpc) is 3.13. The SMILES string of the molecule is CCSc1ccccc1NC(=O)[C@@H]1CSCN1C(=O)c1ccccc1. The van der Waals surface area contributed by atoms with Gasteiger partial charge in [-0.3, -0.25) is 9.59 Å². The second-order valence-corrected chi connectivity index (χ2v) is 7.88. The molecule has 1 atom stereocenters. The van der Waals surface area contributed by atoms with Gasteiger partial charge in [-0.1, -0.05) is 37.3 Å². The first-order valence-electron chi connectivity index (χ1n) is 8.17. The van der Waals surface area contributed by atoms with Gasteiger partial charge in [0, 0.05) is 16.2 Å². The standard InChI is InChI=1S/C19H20N2O2S2/c1-2-25-17-11-7-6-10-15(17)20-18(22)16-12-24-13-21(16)19(23)14-8-4-3-5-9-14/h3-11,16H,2,12-13H2,1H3,(H,20,22)/t16-/m0/s1. The molecule has 0 spiro atoms. The van der Waals surface area contributed by atoms with Gasteiger partial charge in [0.15, 0.2) is 0 Å². The second-order valence-electron chi connectivity index (χ2n) is 5.58. The Bertz CT molecular complexity index is 752. The van der Waals surface area contributed by atoms with Crippen LogP contribution in [0.4, 0.5) is 5.69 Å². The predicted molar refractivity (Wildman–Crippen MR) is 105 cm³/mol. The van der Waals surface area contributed by atoms with Gasteiger partial charge in [0.1, 0.15) is 6.04 Å². The molecule has 1 heterocycles. The minimum Gasteiger partial charge on any atom is -0.323 e. The first-order chi connectivity index (χ1) is 12.2.